The number of carbonyl (C=O) groups is 1. The molecule has 1 rings (SSSR count). The Morgan fingerprint density at radius 2 is 2.24 bits per heavy atom. The summed E-state index contributed by atoms with van der Waals surface area (Å²) in [6, 6.07) is 1.21. The first-order valence-corrected chi connectivity index (χ1v) is 6.28. The maximum absolute atomic E-state index is 12.3. The SMILES string of the molecule is CCCNc1cc(C(=O)N(C)CC(F)F)c([N+](=O)[O-])cn1. The summed E-state index contributed by atoms with van der Waals surface area (Å²) in [6.07, 6.45) is -0.966. The molecule has 0 aliphatic carbocycles. The van der Waals surface area contributed by atoms with Crippen molar-refractivity contribution in [1.82, 2.24) is 9.88 Å². The average molecular weight is 302 g/mol. The number of amides is 1. The zero-order chi connectivity index (χ0) is 16.0. The van der Waals surface area contributed by atoms with Crippen LogP contribution in [0.3, 0.4) is 0 Å². The molecule has 1 N–H and O–H groups in total. The Bertz CT molecular complexity index is 525. The highest BCUT2D eigenvalue weighted by atomic mass is 19.3. The minimum absolute atomic E-state index is 0.267. The first-order valence-electron chi connectivity index (χ1n) is 6.28. The highest BCUT2D eigenvalue weighted by Gasteiger charge is 2.25. The first kappa shape index (κ1) is 16.7. The maximum atomic E-state index is 12.3. The Morgan fingerprint density at radius 1 is 1.57 bits per heavy atom. The molecular formula is C12H16F2N4O3. The zero-order valence-corrected chi connectivity index (χ0v) is 11.7. The number of hydrogen-bond donors (Lipinski definition) is 1. The summed E-state index contributed by atoms with van der Waals surface area (Å²) in [6.45, 7) is 1.70. The molecule has 0 bridgehead atoms. The van der Waals surface area contributed by atoms with Crippen LogP contribution in [0.2, 0.25) is 0 Å². The van der Waals surface area contributed by atoms with Crippen LogP contribution in [0.25, 0.3) is 0 Å². The van der Waals surface area contributed by atoms with E-state index in [2.05, 4.69) is 10.3 Å². The van der Waals surface area contributed by atoms with Crippen molar-refractivity contribution >= 4 is 17.4 Å². The normalized spacial score (nSPS) is 10.5. The molecule has 0 saturated carbocycles. The van der Waals surface area contributed by atoms with Crippen LogP contribution < -0.4 is 5.32 Å². The highest BCUT2D eigenvalue weighted by molar-refractivity contribution is 5.98. The summed E-state index contributed by atoms with van der Waals surface area (Å²) < 4.78 is 24.6. The maximum Gasteiger partial charge on any atom is 0.300 e. The standard InChI is InChI=1S/C12H16F2N4O3/c1-3-4-15-11-5-8(9(6-16-11)18(20)21)12(19)17(2)7-10(13)14/h5-6,10H,3-4,7H2,1-2H3,(H,15,16). The van der Waals surface area contributed by atoms with Gasteiger partial charge in [-0.3, -0.25) is 14.9 Å². The predicted octanol–water partition coefficient (Wildman–Crippen LogP) is 2.15. The van der Waals surface area contributed by atoms with Gasteiger partial charge in [0, 0.05) is 19.7 Å². The number of nitrogens with zero attached hydrogens (tertiary/aromatic N) is 3. The van der Waals surface area contributed by atoms with Crippen LogP contribution in [-0.4, -0.2) is 47.3 Å². The second-order valence-electron chi connectivity index (χ2n) is 4.35. The molecule has 0 aliphatic rings. The average Bonchev–Trinajstić information content (AvgIpc) is 2.43. The van der Waals surface area contributed by atoms with Crippen molar-refractivity contribution < 1.29 is 18.5 Å². The molecule has 1 aromatic rings. The Hall–Kier alpha value is -2.32. The van der Waals surface area contributed by atoms with Gasteiger partial charge in [0.25, 0.3) is 18.0 Å². The van der Waals surface area contributed by atoms with Crippen molar-refractivity contribution in [2.75, 3.05) is 25.5 Å². The van der Waals surface area contributed by atoms with Crippen molar-refractivity contribution in [3.8, 4) is 0 Å². The van der Waals surface area contributed by atoms with Crippen LogP contribution in [0, 0.1) is 10.1 Å². The number of nitro groups is 1. The summed E-state index contributed by atoms with van der Waals surface area (Å²) >= 11 is 0. The van der Waals surface area contributed by atoms with E-state index in [4.69, 9.17) is 0 Å². The molecule has 0 saturated heterocycles. The second-order valence-corrected chi connectivity index (χ2v) is 4.35. The number of pyridine rings is 1. The van der Waals surface area contributed by atoms with Crippen molar-refractivity contribution in [3.63, 3.8) is 0 Å². The van der Waals surface area contributed by atoms with Gasteiger partial charge in [-0.25, -0.2) is 13.8 Å². The second kappa shape index (κ2) is 7.46. The molecule has 0 radical (unpaired) electrons. The number of carbonyl (C=O) groups excluding carboxylic acids is 1. The van der Waals surface area contributed by atoms with E-state index in [9.17, 15) is 23.7 Å². The summed E-state index contributed by atoms with van der Waals surface area (Å²) in [7, 11) is 1.16. The third-order valence-electron chi connectivity index (χ3n) is 2.62. The molecule has 116 valence electrons. The molecule has 0 fully saturated rings. The van der Waals surface area contributed by atoms with Gasteiger partial charge in [-0.05, 0) is 6.42 Å². The smallest absolute Gasteiger partial charge is 0.300 e. The van der Waals surface area contributed by atoms with Gasteiger partial charge in [0.15, 0.2) is 0 Å². The molecule has 9 heteroatoms. The summed E-state index contributed by atoms with van der Waals surface area (Å²) in [4.78, 5) is 26.8. The molecule has 0 spiro atoms. The third-order valence-corrected chi connectivity index (χ3v) is 2.62. The molecule has 0 atom stereocenters. The number of aromatic nitrogens is 1. The largest absolute Gasteiger partial charge is 0.370 e. The minimum atomic E-state index is -2.71. The highest BCUT2D eigenvalue weighted by Crippen LogP contribution is 2.22. The zero-order valence-electron chi connectivity index (χ0n) is 11.7. The van der Waals surface area contributed by atoms with E-state index in [1.54, 1.807) is 0 Å². The lowest BCUT2D eigenvalue weighted by atomic mass is 10.2. The molecule has 0 unspecified atom stereocenters. The molecule has 21 heavy (non-hydrogen) atoms. The lowest BCUT2D eigenvalue weighted by Crippen LogP contribution is -2.31. The Labute approximate surface area is 120 Å². The summed E-state index contributed by atoms with van der Waals surface area (Å²) in [5, 5.41) is 13.8. The van der Waals surface area contributed by atoms with E-state index in [-0.39, 0.29) is 11.4 Å². The van der Waals surface area contributed by atoms with Gasteiger partial charge in [0.1, 0.15) is 17.6 Å². The van der Waals surface area contributed by atoms with Crippen LogP contribution >= 0.6 is 0 Å². The molecule has 1 amide bonds. The van der Waals surface area contributed by atoms with Gasteiger partial charge in [0.05, 0.1) is 11.5 Å². The molecule has 1 heterocycles. The fraction of sp³-hybridized carbons (Fsp3) is 0.500. The van der Waals surface area contributed by atoms with Crippen molar-refractivity contribution in [3.05, 3.63) is 27.9 Å². The number of nitrogens with one attached hydrogen (secondary N) is 1. The van der Waals surface area contributed by atoms with Crippen LogP contribution in [0.5, 0.6) is 0 Å². The van der Waals surface area contributed by atoms with Crippen LogP contribution in [0.4, 0.5) is 20.3 Å². The van der Waals surface area contributed by atoms with Crippen molar-refractivity contribution in [2.45, 2.75) is 19.8 Å². The Morgan fingerprint density at radius 3 is 2.76 bits per heavy atom. The van der Waals surface area contributed by atoms with Gasteiger partial charge in [0.2, 0.25) is 0 Å². The van der Waals surface area contributed by atoms with Crippen molar-refractivity contribution in [2.24, 2.45) is 0 Å². The predicted molar refractivity (Wildman–Crippen MR) is 72.6 cm³/mol. The number of alkyl halides is 2. The van der Waals surface area contributed by atoms with Gasteiger partial charge in [-0.15, -0.1) is 0 Å². The Kier molecular flexibility index (Phi) is 5.94. The number of rotatable bonds is 7. The summed E-state index contributed by atoms with van der Waals surface area (Å²) in [5.74, 6) is -0.555. The third kappa shape index (κ3) is 4.62. The van der Waals surface area contributed by atoms with E-state index in [0.717, 1.165) is 24.6 Å². The van der Waals surface area contributed by atoms with E-state index in [0.29, 0.717) is 6.54 Å². The molecule has 7 nitrogen and oxygen atoms in total. The molecule has 0 aromatic carbocycles. The molecule has 0 aliphatic heterocycles. The van der Waals surface area contributed by atoms with Crippen LogP contribution in [0.15, 0.2) is 12.3 Å². The van der Waals surface area contributed by atoms with Gasteiger partial charge in [-0.1, -0.05) is 6.92 Å². The number of hydrogen-bond acceptors (Lipinski definition) is 5. The fourth-order valence-corrected chi connectivity index (χ4v) is 1.61. The van der Waals surface area contributed by atoms with Crippen molar-refractivity contribution in [1.29, 1.82) is 0 Å². The first-order chi connectivity index (χ1) is 9.86. The quantitative estimate of drug-likeness (QED) is 0.616. The number of anilines is 1. The van der Waals surface area contributed by atoms with Crippen LogP contribution in [-0.2, 0) is 0 Å². The van der Waals surface area contributed by atoms with Gasteiger partial charge < -0.3 is 10.2 Å². The van der Waals surface area contributed by atoms with E-state index in [1.807, 2.05) is 6.92 Å². The van der Waals surface area contributed by atoms with Crippen LogP contribution in [0.1, 0.15) is 23.7 Å². The van der Waals surface area contributed by atoms with E-state index in [1.165, 1.54) is 6.07 Å². The van der Waals surface area contributed by atoms with Gasteiger partial charge in [-0.2, -0.15) is 0 Å². The molecular weight excluding hydrogens is 286 g/mol. The number of halogens is 2. The molecule has 1 aromatic heterocycles. The Balaban J connectivity index is 3.10. The topological polar surface area (TPSA) is 88.4 Å². The lowest BCUT2D eigenvalue weighted by Gasteiger charge is -2.16. The minimum Gasteiger partial charge on any atom is -0.370 e. The summed E-state index contributed by atoms with van der Waals surface area (Å²) in [5.41, 5.74) is -0.778. The van der Waals surface area contributed by atoms with Gasteiger partial charge >= 0.3 is 0 Å². The monoisotopic (exact) mass is 302 g/mol. The van der Waals surface area contributed by atoms with E-state index < -0.39 is 29.5 Å². The fourth-order valence-electron chi connectivity index (χ4n) is 1.61. The van der Waals surface area contributed by atoms with E-state index >= 15 is 0 Å². The lowest BCUT2D eigenvalue weighted by molar-refractivity contribution is -0.385.